The highest BCUT2D eigenvalue weighted by Crippen LogP contribution is 2.43. The maximum absolute atomic E-state index is 14.0. The van der Waals surface area contributed by atoms with Gasteiger partial charge in [0.1, 0.15) is 0 Å². The Morgan fingerprint density at radius 1 is 1.00 bits per heavy atom. The van der Waals surface area contributed by atoms with Crippen molar-refractivity contribution < 1.29 is 62.8 Å². The number of ether oxygens (including phenoxy) is 2. The second-order valence-electron chi connectivity index (χ2n) is 7.46. The number of hydrogen-bond donors (Lipinski definition) is 0. The first-order valence-electron chi connectivity index (χ1n) is 9.09. The Labute approximate surface area is 185 Å². The Bertz CT molecular complexity index is 848. The number of rotatable bonds is 11. The topological polar surface area (TPSA) is 113 Å². The molecule has 1 atom stereocenters. The van der Waals surface area contributed by atoms with Gasteiger partial charge in [-0.1, -0.05) is 6.58 Å². The van der Waals surface area contributed by atoms with E-state index in [4.69, 9.17) is 0 Å². The summed E-state index contributed by atoms with van der Waals surface area (Å²) in [6.07, 6.45) is -8.37. The fourth-order valence-corrected chi connectivity index (χ4v) is 2.97. The van der Waals surface area contributed by atoms with Gasteiger partial charge in [0.25, 0.3) is 0 Å². The third-order valence-corrected chi connectivity index (χ3v) is 4.97. The Balaban J connectivity index is 6.46. The molecule has 0 aliphatic rings. The van der Waals surface area contributed by atoms with Crippen LogP contribution in [0, 0.1) is 0 Å². The maximum Gasteiger partial charge on any atom is 0.466 e. The second-order valence-corrected chi connectivity index (χ2v) is 8.88. The fraction of sp³-hybridized carbons (Fsp3) is 0.765. The van der Waals surface area contributed by atoms with Crippen molar-refractivity contribution >= 4 is 22.0 Å². The van der Waals surface area contributed by atoms with Gasteiger partial charge in [-0.15, -0.1) is 0 Å². The van der Waals surface area contributed by atoms with E-state index in [1.54, 1.807) is 0 Å². The molecule has 0 bridgehead atoms. The van der Waals surface area contributed by atoms with Crippen molar-refractivity contribution in [1.82, 2.24) is 4.90 Å². The van der Waals surface area contributed by atoms with Crippen LogP contribution < -0.4 is 0 Å². The molecular formula is C17H23F7NO7S-. The summed E-state index contributed by atoms with van der Waals surface area (Å²) in [5.74, 6) is -14.2. The molecule has 0 rings (SSSR count). The van der Waals surface area contributed by atoms with E-state index in [9.17, 15) is 53.3 Å². The Morgan fingerprint density at radius 3 is 1.73 bits per heavy atom. The van der Waals surface area contributed by atoms with Gasteiger partial charge < -0.3 is 18.9 Å². The van der Waals surface area contributed by atoms with Crippen LogP contribution in [0.3, 0.4) is 0 Å². The number of carbonyl (C=O) groups is 2. The monoisotopic (exact) mass is 518 g/mol. The van der Waals surface area contributed by atoms with Gasteiger partial charge in [-0.05, 0) is 34.6 Å². The van der Waals surface area contributed by atoms with E-state index < -0.39 is 75.8 Å². The first-order chi connectivity index (χ1) is 14.5. The average molecular weight is 518 g/mol. The Kier molecular flexibility index (Phi) is 9.53. The molecule has 16 heteroatoms. The lowest BCUT2D eigenvalue weighted by Crippen LogP contribution is -2.64. The molecule has 0 heterocycles. The van der Waals surface area contributed by atoms with Crippen LogP contribution in [0.2, 0.25) is 0 Å². The summed E-state index contributed by atoms with van der Waals surface area (Å²) in [4.78, 5) is 25.3. The SMILES string of the molecule is C=C(C)C(=O)OC(OCCC(F)(F)C(F)(F)S(=O)(=O)[O-])(C(=O)N(C(C)C)C(C)C)C(F)(F)F. The van der Waals surface area contributed by atoms with Crippen LogP contribution in [0.4, 0.5) is 30.7 Å². The smallest absolute Gasteiger partial charge is 0.466 e. The number of carbonyl (C=O) groups excluding carboxylic acids is 2. The number of alkyl halides is 7. The molecule has 0 aromatic rings. The molecule has 0 aromatic carbocycles. The van der Waals surface area contributed by atoms with E-state index in [1.807, 2.05) is 0 Å². The quantitative estimate of drug-likeness (QED) is 0.136. The third-order valence-electron chi connectivity index (χ3n) is 4.05. The van der Waals surface area contributed by atoms with E-state index in [1.165, 1.54) is 27.7 Å². The molecule has 1 amide bonds. The van der Waals surface area contributed by atoms with Crippen molar-refractivity contribution in [3.8, 4) is 0 Å². The van der Waals surface area contributed by atoms with Crippen LogP contribution in [0.5, 0.6) is 0 Å². The van der Waals surface area contributed by atoms with Crippen molar-refractivity contribution in [2.24, 2.45) is 0 Å². The van der Waals surface area contributed by atoms with Crippen LogP contribution in [0.1, 0.15) is 41.0 Å². The van der Waals surface area contributed by atoms with E-state index in [2.05, 4.69) is 16.1 Å². The molecule has 0 fully saturated rings. The summed E-state index contributed by atoms with van der Waals surface area (Å²) in [6.45, 7) is 6.94. The molecule has 0 radical (unpaired) electrons. The Hall–Kier alpha value is -1.94. The molecule has 194 valence electrons. The summed E-state index contributed by atoms with van der Waals surface area (Å²) >= 11 is 0. The summed E-state index contributed by atoms with van der Waals surface area (Å²) in [5.41, 5.74) is -0.657. The number of halogens is 7. The first kappa shape index (κ1) is 31.1. The molecular weight excluding hydrogens is 495 g/mol. The molecule has 33 heavy (non-hydrogen) atoms. The van der Waals surface area contributed by atoms with Crippen LogP contribution in [0.15, 0.2) is 12.2 Å². The van der Waals surface area contributed by atoms with Gasteiger partial charge in [-0.3, -0.25) is 4.79 Å². The molecule has 0 N–H and O–H groups in total. The highest BCUT2D eigenvalue weighted by molar-refractivity contribution is 7.86. The predicted molar refractivity (Wildman–Crippen MR) is 97.0 cm³/mol. The summed E-state index contributed by atoms with van der Waals surface area (Å²) in [5, 5.41) is -6.20. The zero-order valence-electron chi connectivity index (χ0n) is 18.1. The standard InChI is InChI=1S/C17H24F7NO7S/c1-9(2)12(26)32-15(16(20,21)22,13(27)25(10(3)4)11(5)6)31-8-7-14(18,19)17(23,24)33(28,29)30/h10-11H,1,7-8H2,2-6H3,(H,28,29,30)/p-1. The number of amides is 1. The maximum atomic E-state index is 14.0. The first-order valence-corrected chi connectivity index (χ1v) is 10.5. The van der Waals surface area contributed by atoms with E-state index in [-0.39, 0.29) is 0 Å². The summed E-state index contributed by atoms with van der Waals surface area (Å²) in [7, 11) is -6.92. The zero-order valence-corrected chi connectivity index (χ0v) is 19.0. The minimum Gasteiger partial charge on any atom is -0.743 e. The number of nitrogens with zero attached hydrogens (tertiary/aromatic N) is 1. The van der Waals surface area contributed by atoms with Crippen LogP contribution in [-0.2, 0) is 29.2 Å². The van der Waals surface area contributed by atoms with Crippen LogP contribution >= 0.6 is 0 Å². The molecule has 0 saturated heterocycles. The van der Waals surface area contributed by atoms with Gasteiger partial charge in [0, 0.05) is 24.1 Å². The average Bonchev–Trinajstić information content (AvgIpc) is 2.57. The highest BCUT2D eigenvalue weighted by Gasteiger charge is 2.68. The van der Waals surface area contributed by atoms with Gasteiger partial charge in [0.15, 0.2) is 10.1 Å². The van der Waals surface area contributed by atoms with Crippen molar-refractivity contribution in [3.63, 3.8) is 0 Å². The molecule has 0 saturated carbocycles. The lowest BCUT2D eigenvalue weighted by molar-refractivity contribution is -0.353. The normalized spacial score (nSPS) is 15.4. The largest absolute Gasteiger partial charge is 0.743 e. The van der Waals surface area contributed by atoms with E-state index in [0.717, 1.165) is 6.92 Å². The van der Waals surface area contributed by atoms with Crippen molar-refractivity contribution in [2.75, 3.05) is 6.61 Å². The van der Waals surface area contributed by atoms with Crippen molar-refractivity contribution in [1.29, 1.82) is 0 Å². The van der Waals surface area contributed by atoms with Gasteiger partial charge in [-0.25, -0.2) is 13.2 Å². The molecule has 0 aliphatic heterocycles. The number of hydrogen-bond acceptors (Lipinski definition) is 7. The minimum atomic E-state index is -6.92. The van der Waals surface area contributed by atoms with E-state index >= 15 is 0 Å². The molecule has 1 unspecified atom stereocenters. The summed E-state index contributed by atoms with van der Waals surface area (Å²) < 4.78 is 136. The Morgan fingerprint density at radius 2 is 1.42 bits per heavy atom. The third kappa shape index (κ3) is 6.56. The van der Waals surface area contributed by atoms with Gasteiger partial charge in [0.2, 0.25) is 0 Å². The fourth-order valence-electron chi connectivity index (χ4n) is 2.50. The van der Waals surface area contributed by atoms with E-state index in [0.29, 0.717) is 4.90 Å². The lowest BCUT2D eigenvalue weighted by Gasteiger charge is -2.40. The second kappa shape index (κ2) is 10.1. The van der Waals surface area contributed by atoms with Crippen molar-refractivity contribution in [2.45, 2.75) is 76.3 Å². The lowest BCUT2D eigenvalue weighted by atomic mass is 10.1. The van der Waals surface area contributed by atoms with Crippen molar-refractivity contribution in [3.05, 3.63) is 12.2 Å². The van der Waals surface area contributed by atoms with Gasteiger partial charge >= 0.3 is 35.0 Å². The molecule has 0 aliphatic carbocycles. The van der Waals surface area contributed by atoms with Crippen LogP contribution in [0.25, 0.3) is 0 Å². The zero-order chi connectivity index (χ0) is 26.8. The molecule has 8 nitrogen and oxygen atoms in total. The minimum absolute atomic E-state index is 0.536. The molecule has 0 aromatic heterocycles. The number of esters is 1. The predicted octanol–water partition coefficient (Wildman–Crippen LogP) is 3.19. The van der Waals surface area contributed by atoms with Crippen LogP contribution in [-0.4, -0.2) is 71.6 Å². The van der Waals surface area contributed by atoms with Gasteiger partial charge in [0.05, 0.1) is 6.61 Å². The highest BCUT2D eigenvalue weighted by atomic mass is 32.2. The molecule has 0 spiro atoms. The summed E-state index contributed by atoms with van der Waals surface area (Å²) in [6, 6.07) is -1.94. The van der Waals surface area contributed by atoms with Gasteiger partial charge in [-0.2, -0.15) is 30.7 Å².